The highest BCUT2D eigenvalue weighted by Gasteiger charge is 2.28. The average Bonchev–Trinajstić information content (AvgIpc) is 2.50. The number of Topliss-reactive ketones (excluding diaryl/α,β-unsaturated/α-hetero) is 1. The van der Waals surface area contributed by atoms with Crippen LogP contribution in [0.4, 0.5) is 5.69 Å². The fraction of sp³-hybridized carbons (Fsp3) is 0.200. The average molecular weight is 336 g/mol. The van der Waals surface area contributed by atoms with Gasteiger partial charge in [-0.25, -0.2) is 0 Å². The summed E-state index contributed by atoms with van der Waals surface area (Å²) in [5.41, 5.74) is 0.691. The van der Waals surface area contributed by atoms with Crippen LogP contribution in [0, 0.1) is 3.57 Å². The van der Waals surface area contributed by atoms with Crippen molar-refractivity contribution in [3.8, 4) is 0 Å². The second-order valence-electron chi connectivity index (χ2n) is 3.29. The lowest BCUT2D eigenvalue weighted by Crippen LogP contribution is -2.24. The SMILES string of the molecule is O=C1CC(=O)N(c2ccc(I)c(Cl)c2)C1. The Kier molecular flexibility index (Phi) is 2.97. The van der Waals surface area contributed by atoms with Gasteiger partial charge in [0.15, 0.2) is 5.78 Å². The van der Waals surface area contributed by atoms with Crippen molar-refractivity contribution in [3.63, 3.8) is 0 Å². The molecule has 0 spiro atoms. The number of rotatable bonds is 1. The first-order chi connectivity index (χ1) is 7.08. The third kappa shape index (κ3) is 2.15. The molecule has 1 amide bonds. The summed E-state index contributed by atoms with van der Waals surface area (Å²) < 4.78 is 0.927. The Morgan fingerprint density at radius 2 is 2.07 bits per heavy atom. The second-order valence-corrected chi connectivity index (χ2v) is 4.86. The summed E-state index contributed by atoms with van der Waals surface area (Å²) in [6.07, 6.45) is 0.00358. The smallest absolute Gasteiger partial charge is 0.234 e. The predicted molar refractivity (Wildman–Crippen MR) is 66.1 cm³/mol. The van der Waals surface area contributed by atoms with Crippen LogP contribution >= 0.6 is 34.2 Å². The van der Waals surface area contributed by atoms with Crippen molar-refractivity contribution in [3.05, 3.63) is 26.8 Å². The molecule has 0 saturated carbocycles. The zero-order chi connectivity index (χ0) is 11.0. The molecule has 1 aromatic carbocycles. The van der Waals surface area contributed by atoms with Gasteiger partial charge in [-0.3, -0.25) is 9.59 Å². The van der Waals surface area contributed by atoms with Crippen molar-refractivity contribution in [2.24, 2.45) is 0 Å². The first-order valence-electron chi connectivity index (χ1n) is 4.35. The molecule has 3 nitrogen and oxygen atoms in total. The van der Waals surface area contributed by atoms with Crippen molar-refractivity contribution in [2.75, 3.05) is 11.4 Å². The molecule has 0 bridgehead atoms. The number of anilines is 1. The Hall–Kier alpha value is -0.620. The van der Waals surface area contributed by atoms with E-state index in [1.54, 1.807) is 12.1 Å². The Balaban J connectivity index is 2.34. The quantitative estimate of drug-likeness (QED) is 0.583. The Bertz CT molecular complexity index is 447. The van der Waals surface area contributed by atoms with E-state index in [4.69, 9.17) is 11.6 Å². The molecule has 15 heavy (non-hydrogen) atoms. The van der Waals surface area contributed by atoms with Crippen LogP contribution in [0.3, 0.4) is 0 Å². The number of carbonyl (C=O) groups excluding carboxylic acids is 2. The molecule has 0 unspecified atom stereocenters. The lowest BCUT2D eigenvalue weighted by atomic mass is 10.3. The monoisotopic (exact) mass is 335 g/mol. The number of hydrogen-bond donors (Lipinski definition) is 0. The van der Waals surface area contributed by atoms with Crippen molar-refractivity contribution >= 4 is 51.6 Å². The van der Waals surface area contributed by atoms with Crippen LogP contribution in [-0.2, 0) is 9.59 Å². The van der Waals surface area contributed by atoms with Gasteiger partial charge in [0.25, 0.3) is 0 Å². The van der Waals surface area contributed by atoms with Crippen molar-refractivity contribution < 1.29 is 9.59 Å². The van der Waals surface area contributed by atoms with E-state index in [1.165, 1.54) is 4.90 Å². The van der Waals surface area contributed by atoms with Crippen molar-refractivity contribution in [1.29, 1.82) is 0 Å². The van der Waals surface area contributed by atoms with Gasteiger partial charge in [-0.05, 0) is 40.8 Å². The van der Waals surface area contributed by atoms with E-state index in [9.17, 15) is 9.59 Å². The van der Waals surface area contributed by atoms with Gasteiger partial charge >= 0.3 is 0 Å². The highest BCUT2D eigenvalue weighted by atomic mass is 127. The zero-order valence-electron chi connectivity index (χ0n) is 7.67. The predicted octanol–water partition coefficient (Wildman–Crippen LogP) is 2.25. The van der Waals surface area contributed by atoms with Crippen LogP contribution in [0.1, 0.15) is 6.42 Å². The van der Waals surface area contributed by atoms with E-state index in [2.05, 4.69) is 22.6 Å². The van der Waals surface area contributed by atoms with Gasteiger partial charge in [-0.15, -0.1) is 0 Å². The van der Waals surface area contributed by atoms with Gasteiger partial charge in [0, 0.05) is 9.26 Å². The summed E-state index contributed by atoms with van der Waals surface area (Å²) in [6.45, 7) is 0.162. The summed E-state index contributed by atoms with van der Waals surface area (Å²) >= 11 is 8.06. The van der Waals surface area contributed by atoms with Gasteiger partial charge in [0.05, 0.1) is 18.0 Å². The Morgan fingerprint density at radius 1 is 1.33 bits per heavy atom. The van der Waals surface area contributed by atoms with Gasteiger partial charge < -0.3 is 4.90 Å². The van der Waals surface area contributed by atoms with Crippen LogP contribution in [0.15, 0.2) is 18.2 Å². The minimum Gasteiger partial charge on any atom is -0.305 e. The fourth-order valence-corrected chi connectivity index (χ4v) is 1.98. The molecule has 0 radical (unpaired) electrons. The summed E-state index contributed by atoms with van der Waals surface area (Å²) in [5.74, 6) is -0.202. The zero-order valence-corrected chi connectivity index (χ0v) is 10.6. The van der Waals surface area contributed by atoms with Gasteiger partial charge in [0.1, 0.15) is 0 Å². The first kappa shape index (κ1) is 10.9. The number of hydrogen-bond acceptors (Lipinski definition) is 2. The molecule has 1 saturated heterocycles. The van der Waals surface area contributed by atoms with E-state index in [1.807, 2.05) is 6.07 Å². The molecule has 0 aromatic heterocycles. The first-order valence-corrected chi connectivity index (χ1v) is 5.81. The van der Waals surface area contributed by atoms with E-state index < -0.39 is 0 Å². The lowest BCUT2D eigenvalue weighted by molar-refractivity contribution is -0.121. The van der Waals surface area contributed by atoms with Gasteiger partial charge in [-0.1, -0.05) is 11.6 Å². The molecule has 0 N–H and O–H groups in total. The van der Waals surface area contributed by atoms with E-state index >= 15 is 0 Å². The fourth-order valence-electron chi connectivity index (χ4n) is 1.47. The molecular weight excluding hydrogens is 328 g/mol. The summed E-state index contributed by atoms with van der Waals surface area (Å²) in [5, 5.41) is 0.597. The maximum atomic E-state index is 11.4. The molecule has 5 heteroatoms. The molecule has 78 valence electrons. The van der Waals surface area contributed by atoms with Gasteiger partial charge in [-0.2, -0.15) is 0 Å². The molecule has 1 fully saturated rings. The van der Waals surface area contributed by atoms with Crippen LogP contribution in [-0.4, -0.2) is 18.2 Å². The highest BCUT2D eigenvalue weighted by molar-refractivity contribution is 14.1. The third-order valence-corrected chi connectivity index (χ3v) is 3.77. The van der Waals surface area contributed by atoms with E-state index in [-0.39, 0.29) is 24.7 Å². The maximum absolute atomic E-state index is 11.4. The molecule has 1 aliphatic rings. The minimum absolute atomic E-state index is 0.00358. The van der Waals surface area contributed by atoms with E-state index in [0.717, 1.165) is 3.57 Å². The second kappa shape index (κ2) is 4.09. The molecule has 1 heterocycles. The third-order valence-electron chi connectivity index (χ3n) is 2.20. The lowest BCUT2D eigenvalue weighted by Gasteiger charge is -2.15. The maximum Gasteiger partial charge on any atom is 0.234 e. The molecule has 2 rings (SSSR count). The molecule has 0 atom stereocenters. The highest BCUT2D eigenvalue weighted by Crippen LogP contribution is 2.26. The van der Waals surface area contributed by atoms with E-state index in [0.29, 0.717) is 10.7 Å². The number of amides is 1. The largest absolute Gasteiger partial charge is 0.305 e. The Morgan fingerprint density at radius 3 is 2.60 bits per heavy atom. The number of nitrogens with zero attached hydrogens (tertiary/aromatic N) is 1. The minimum atomic E-state index is -0.155. The number of halogens is 2. The molecule has 0 aliphatic carbocycles. The standard InChI is InChI=1S/C10H7ClINO2/c11-8-3-6(1-2-9(8)12)13-5-7(14)4-10(13)15/h1-3H,4-5H2. The van der Waals surface area contributed by atoms with Crippen LogP contribution < -0.4 is 4.90 Å². The normalized spacial score (nSPS) is 16.3. The number of carbonyl (C=O) groups is 2. The number of ketones is 1. The Labute approximate surface area is 106 Å². The molecule has 1 aliphatic heterocycles. The van der Waals surface area contributed by atoms with Crippen LogP contribution in [0.2, 0.25) is 5.02 Å². The number of benzene rings is 1. The molecular formula is C10H7ClINO2. The van der Waals surface area contributed by atoms with Crippen LogP contribution in [0.25, 0.3) is 0 Å². The van der Waals surface area contributed by atoms with Crippen molar-refractivity contribution in [2.45, 2.75) is 6.42 Å². The van der Waals surface area contributed by atoms with Crippen molar-refractivity contribution in [1.82, 2.24) is 0 Å². The van der Waals surface area contributed by atoms with Crippen LogP contribution in [0.5, 0.6) is 0 Å². The molecule has 1 aromatic rings. The summed E-state index contributed by atoms with van der Waals surface area (Å²) in [7, 11) is 0. The summed E-state index contributed by atoms with van der Waals surface area (Å²) in [6, 6.07) is 5.33. The topological polar surface area (TPSA) is 37.4 Å². The van der Waals surface area contributed by atoms with Gasteiger partial charge in [0.2, 0.25) is 5.91 Å². The summed E-state index contributed by atoms with van der Waals surface area (Å²) in [4.78, 5) is 24.0.